The molecule has 0 aliphatic rings. The van der Waals surface area contributed by atoms with E-state index in [1.165, 1.54) is 7.11 Å². The Balaban J connectivity index is 2.05. The molecule has 0 heterocycles. The molecular weight excluding hydrogens is 316 g/mol. The van der Waals surface area contributed by atoms with Crippen LogP contribution in [0.3, 0.4) is 0 Å². The first-order valence-electron chi connectivity index (χ1n) is 6.84. The highest BCUT2D eigenvalue weighted by Crippen LogP contribution is 2.23. The molecule has 0 aliphatic heterocycles. The topological polar surface area (TPSA) is 82.3 Å². The Labute approximate surface area is 139 Å². The molecule has 0 spiro atoms. The van der Waals surface area contributed by atoms with Gasteiger partial charge in [0.25, 0.3) is 5.91 Å². The van der Waals surface area contributed by atoms with Gasteiger partial charge in [0.2, 0.25) is 0 Å². The number of benzene rings is 2. The average molecular weight is 331 g/mol. The van der Waals surface area contributed by atoms with Crippen molar-refractivity contribution >= 4 is 17.5 Å². The van der Waals surface area contributed by atoms with Crippen LogP contribution in [-0.4, -0.2) is 18.1 Å². The normalized spacial score (nSPS) is 11.4. The molecule has 118 valence electrons. The van der Waals surface area contributed by atoms with E-state index in [2.05, 4.69) is 5.32 Å². The van der Waals surface area contributed by atoms with Gasteiger partial charge >= 0.3 is 0 Å². The van der Waals surface area contributed by atoms with Crippen molar-refractivity contribution in [1.29, 1.82) is 5.26 Å². The number of nitrogens with zero attached hydrogens (tertiary/aromatic N) is 1. The maximum Gasteiger partial charge on any atom is 0.253 e. The molecule has 0 radical (unpaired) electrons. The zero-order chi connectivity index (χ0) is 16.8. The van der Waals surface area contributed by atoms with Crippen LogP contribution in [-0.2, 0) is 11.3 Å². The minimum atomic E-state index is -1.35. The minimum Gasteiger partial charge on any atom is -0.495 e. The summed E-state index contributed by atoms with van der Waals surface area (Å²) in [6.45, 7) is 0.180. The minimum absolute atomic E-state index is 0.180. The van der Waals surface area contributed by atoms with Crippen LogP contribution in [0.4, 0.5) is 0 Å². The Morgan fingerprint density at radius 3 is 2.78 bits per heavy atom. The quantitative estimate of drug-likeness (QED) is 0.882. The van der Waals surface area contributed by atoms with E-state index in [1.807, 2.05) is 6.07 Å². The molecule has 0 bridgehead atoms. The molecule has 2 rings (SSSR count). The highest BCUT2D eigenvalue weighted by atomic mass is 35.5. The summed E-state index contributed by atoms with van der Waals surface area (Å²) >= 11 is 5.96. The van der Waals surface area contributed by atoms with Gasteiger partial charge in [0.15, 0.2) is 6.10 Å². The van der Waals surface area contributed by atoms with E-state index < -0.39 is 12.0 Å². The van der Waals surface area contributed by atoms with Gasteiger partial charge in [0.1, 0.15) is 11.8 Å². The fourth-order valence-electron chi connectivity index (χ4n) is 2.08. The number of nitrogens with one attached hydrogen (secondary N) is 1. The molecule has 2 N–H and O–H groups in total. The number of carbonyl (C=O) groups is 1. The Morgan fingerprint density at radius 2 is 2.13 bits per heavy atom. The van der Waals surface area contributed by atoms with Crippen LogP contribution in [0.5, 0.6) is 5.75 Å². The van der Waals surface area contributed by atoms with Gasteiger partial charge < -0.3 is 15.2 Å². The Morgan fingerprint density at radius 1 is 1.39 bits per heavy atom. The molecule has 1 atom stereocenters. The zero-order valence-electron chi connectivity index (χ0n) is 12.4. The summed E-state index contributed by atoms with van der Waals surface area (Å²) in [4.78, 5) is 12.0. The number of hydrogen-bond acceptors (Lipinski definition) is 4. The number of aliphatic hydroxyl groups excluding tert-OH is 1. The predicted octanol–water partition coefficient (Wildman–Crippen LogP) is 2.57. The summed E-state index contributed by atoms with van der Waals surface area (Å²) in [5, 5.41) is 22.0. The number of halogens is 1. The number of methoxy groups -OCH3 is 1. The van der Waals surface area contributed by atoms with Gasteiger partial charge in [-0.05, 0) is 23.8 Å². The van der Waals surface area contributed by atoms with E-state index in [4.69, 9.17) is 21.6 Å². The van der Waals surface area contributed by atoms with E-state index in [-0.39, 0.29) is 6.54 Å². The van der Waals surface area contributed by atoms with Crippen LogP contribution in [0, 0.1) is 11.3 Å². The lowest BCUT2D eigenvalue weighted by molar-refractivity contribution is -0.129. The first kappa shape index (κ1) is 16.8. The Kier molecular flexibility index (Phi) is 5.58. The number of rotatable bonds is 5. The molecule has 0 saturated heterocycles. The monoisotopic (exact) mass is 330 g/mol. The second-order valence-corrected chi connectivity index (χ2v) is 5.20. The van der Waals surface area contributed by atoms with E-state index in [0.29, 0.717) is 21.9 Å². The van der Waals surface area contributed by atoms with Crippen LogP contribution in [0.2, 0.25) is 5.02 Å². The molecule has 0 fully saturated rings. The molecule has 2 aromatic rings. The lowest BCUT2D eigenvalue weighted by Crippen LogP contribution is -2.29. The third-order valence-corrected chi connectivity index (χ3v) is 3.64. The largest absolute Gasteiger partial charge is 0.495 e. The fourth-order valence-corrected chi connectivity index (χ4v) is 2.32. The molecule has 1 amide bonds. The second kappa shape index (κ2) is 7.63. The number of ether oxygens (including phenoxy) is 1. The maximum atomic E-state index is 12.0. The van der Waals surface area contributed by atoms with Crippen molar-refractivity contribution in [2.24, 2.45) is 0 Å². The summed E-state index contributed by atoms with van der Waals surface area (Å²) in [6, 6.07) is 13.7. The summed E-state index contributed by atoms with van der Waals surface area (Å²) in [5.41, 5.74) is 1.45. The summed E-state index contributed by atoms with van der Waals surface area (Å²) in [7, 11) is 1.48. The van der Waals surface area contributed by atoms with Gasteiger partial charge in [-0.15, -0.1) is 0 Å². The second-order valence-electron chi connectivity index (χ2n) is 4.79. The van der Waals surface area contributed by atoms with Crippen LogP contribution in [0.15, 0.2) is 42.5 Å². The van der Waals surface area contributed by atoms with Crippen molar-refractivity contribution in [3.63, 3.8) is 0 Å². The third kappa shape index (κ3) is 4.01. The molecule has 5 nitrogen and oxygen atoms in total. The maximum absolute atomic E-state index is 12.0. The SMILES string of the molecule is COc1ccc(CNC(=O)[C@H](O)c2ccccc2Cl)cc1C#N. The molecule has 0 unspecified atom stereocenters. The van der Waals surface area contributed by atoms with Gasteiger partial charge in [-0.1, -0.05) is 35.9 Å². The van der Waals surface area contributed by atoms with Gasteiger partial charge in [-0.3, -0.25) is 4.79 Å². The summed E-state index contributed by atoms with van der Waals surface area (Å²) in [6.07, 6.45) is -1.35. The smallest absolute Gasteiger partial charge is 0.253 e. The lowest BCUT2D eigenvalue weighted by atomic mass is 10.1. The third-order valence-electron chi connectivity index (χ3n) is 3.30. The number of hydrogen-bond donors (Lipinski definition) is 2. The van der Waals surface area contributed by atoms with Crippen molar-refractivity contribution in [2.75, 3.05) is 7.11 Å². The number of aliphatic hydroxyl groups is 1. The predicted molar refractivity (Wildman–Crippen MR) is 86.0 cm³/mol. The van der Waals surface area contributed by atoms with Crippen molar-refractivity contribution < 1.29 is 14.6 Å². The average Bonchev–Trinajstić information content (AvgIpc) is 2.59. The molecular formula is C17H15ClN2O3. The molecule has 23 heavy (non-hydrogen) atoms. The van der Waals surface area contributed by atoms with Crippen molar-refractivity contribution in [3.8, 4) is 11.8 Å². The van der Waals surface area contributed by atoms with E-state index >= 15 is 0 Å². The van der Waals surface area contributed by atoms with Gasteiger partial charge in [0.05, 0.1) is 12.7 Å². The van der Waals surface area contributed by atoms with Gasteiger partial charge in [-0.25, -0.2) is 0 Å². The number of nitriles is 1. The van der Waals surface area contributed by atoms with Crippen molar-refractivity contribution in [2.45, 2.75) is 12.6 Å². The molecule has 0 aliphatic carbocycles. The first-order chi connectivity index (χ1) is 11.1. The highest BCUT2D eigenvalue weighted by molar-refractivity contribution is 6.31. The van der Waals surface area contributed by atoms with Crippen LogP contribution >= 0.6 is 11.6 Å². The summed E-state index contributed by atoms with van der Waals surface area (Å²) in [5.74, 6) is -0.0916. The van der Waals surface area contributed by atoms with Crippen LogP contribution in [0.25, 0.3) is 0 Å². The standard InChI is InChI=1S/C17H15ClN2O3/c1-23-15-7-6-11(8-12(15)9-19)10-20-17(22)16(21)13-4-2-3-5-14(13)18/h2-8,16,21H,10H2,1H3,(H,20,22)/t16-/m1/s1. The van der Waals surface area contributed by atoms with E-state index in [0.717, 1.165) is 5.56 Å². The van der Waals surface area contributed by atoms with E-state index in [1.54, 1.807) is 42.5 Å². The van der Waals surface area contributed by atoms with Crippen LogP contribution in [0.1, 0.15) is 22.8 Å². The molecule has 0 saturated carbocycles. The lowest BCUT2D eigenvalue weighted by Gasteiger charge is -2.13. The molecule has 0 aromatic heterocycles. The van der Waals surface area contributed by atoms with Crippen molar-refractivity contribution in [1.82, 2.24) is 5.32 Å². The summed E-state index contributed by atoms with van der Waals surface area (Å²) < 4.78 is 5.06. The number of amides is 1. The highest BCUT2D eigenvalue weighted by Gasteiger charge is 2.19. The fraction of sp³-hybridized carbons (Fsp3) is 0.176. The number of carbonyl (C=O) groups excluding carboxylic acids is 1. The molecule has 6 heteroatoms. The van der Waals surface area contributed by atoms with Gasteiger partial charge in [0, 0.05) is 17.1 Å². The Hall–Kier alpha value is -2.55. The first-order valence-corrected chi connectivity index (χ1v) is 7.22. The zero-order valence-corrected chi connectivity index (χ0v) is 13.2. The van der Waals surface area contributed by atoms with Crippen LogP contribution < -0.4 is 10.1 Å². The van der Waals surface area contributed by atoms with Crippen molar-refractivity contribution in [3.05, 3.63) is 64.2 Å². The Bertz CT molecular complexity index is 756. The molecule has 2 aromatic carbocycles. The van der Waals surface area contributed by atoms with E-state index in [9.17, 15) is 9.90 Å². The van der Waals surface area contributed by atoms with Gasteiger partial charge in [-0.2, -0.15) is 5.26 Å².